The molecule has 5 nitrogen and oxygen atoms in total. The molecule has 0 aliphatic carbocycles. The Kier molecular flexibility index (Phi) is 3.22. The first-order chi connectivity index (χ1) is 8.49. The Bertz CT molecular complexity index is 565. The predicted octanol–water partition coefficient (Wildman–Crippen LogP) is 1.80. The van der Waals surface area contributed by atoms with Crippen LogP contribution in [0.3, 0.4) is 0 Å². The fraction of sp³-hybridized carbons (Fsp3) is 0.364. The standard InChI is InChI=1S/C11H13F2N5/c1-6-10(11-15-4-3-9(14)16-11)7(2)18(17-6)5-8(12)13/h3-4,8H,5H2,1-2H3,(H2,14,15,16). The van der Waals surface area contributed by atoms with Gasteiger partial charge in [-0.15, -0.1) is 0 Å². The number of aryl methyl sites for hydroxylation is 1. The molecule has 0 unspecified atom stereocenters. The first-order valence-corrected chi connectivity index (χ1v) is 5.40. The van der Waals surface area contributed by atoms with Crippen LogP contribution in [0.1, 0.15) is 11.4 Å². The first kappa shape index (κ1) is 12.4. The zero-order valence-corrected chi connectivity index (χ0v) is 10.1. The Labute approximate surface area is 103 Å². The summed E-state index contributed by atoms with van der Waals surface area (Å²) in [6.45, 7) is 3.01. The minimum Gasteiger partial charge on any atom is -0.384 e. The highest BCUT2D eigenvalue weighted by molar-refractivity contribution is 5.62. The van der Waals surface area contributed by atoms with Gasteiger partial charge in [0, 0.05) is 11.9 Å². The Morgan fingerprint density at radius 2 is 2.11 bits per heavy atom. The van der Waals surface area contributed by atoms with E-state index in [1.165, 1.54) is 10.9 Å². The fourth-order valence-electron chi connectivity index (χ4n) is 1.82. The molecule has 2 rings (SSSR count). The molecule has 0 amide bonds. The summed E-state index contributed by atoms with van der Waals surface area (Å²) in [5.41, 5.74) is 7.46. The molecule has 0 aliphatic heterocycles. The Balaban J connectivity index is 2.48. The molecule has 0 fully saturated rings. The van der Waals surface area contributed by atoms with Crippen molar-refractivity contribution >= 4 is 5.82 Å². The molecule has 96 valence electrons. The maximum absolute atomic E-state index is 12.4. The van der Waals surface area contributed by atoms with E-state index in [9.17, 15) is 8.78 Å². The smallest absolute Gasteiger partial charge is 0.257 e. The van der Waals surface area contributed by atoms with Gasteiger partial charge < -0.3 is 5.73 Å². The zero-order chi connectivity index (χ0) is 13.3. The van der Waals surface area contributed by atoms with Crippen LogP contribution < -0.4 is 5.73 Å². The molecule has 2 aromatic rings. The molecule has 7 heteroatoms. The van der Waals surface area contributed by atoms with Crippen LogP contribution >= 0.6 is 0 Å². The highest BCUT2D eigenvalue weighted by Crippen LogP contribution is 2.24. The lowest BCUT2D eigenvalue weighted by molar-refractivity contribution is 0.121. The van der Waals surface area contributed by atoms with E-state index in [0.717, 1.165) is 0 Å². The SMILES string of the molecule is Cc1nn(CC(F)F)c(C)c1-c1nccc(N)n1. The van der Waals surface area contributed by atoms with Gasteiger partial charge >= 0.3 is 0 Å². The number of anilines is 1. The Hall–Kier alpha value is -2.05. The third-order valence-corrected chi connectivity index (χ3v) is 2.59. The van der Waals surface area contributed by atoms with Gasteiger partial charge in [-0.25, -0.2) is 18.7 Å². The molecule has 0 atom stereocenters. The van der Waals surface area contributed by atoms with Crippen LogP contribution in [0, 0.1) is 13.8 Å². The summed E-state index contributed by atoms with van der Waals surface area (Å²) >= 11 is 0. The largest absolute Gasteiger partial charge is 0.384 e. The second-order valence-electron chi connectivity index (χ2n) is 3.92. The molecule has 0 aromatic carbocycles. The summed E-state index contributed by atoms with van der Waals surface area (Å²) in [6.07, 6.45) is -0.918. The van der Waals surface area contributed by atoms with Gasteiger partial charge in [-0.2, -0.15) is 5.10 Å². The summed E-state index contributed by atoms with van der Waals surface area (Å²) in [5, 5.41) is 4.07. The molecule has 2 aromatic heterocycles. The number of nitrogen functional groups attached to an aromatic ring is 1. The molecule has 18 heavy (non-hydrogen) atoms. The number of rotatable bonds is 3. The molecule has 0 saturated heterocycles. The summed E-state index contributed by atoms with van der Waals surface area (Å²) in [5.74, 6) is 0.742. The zero-order valence-electron chi connectivity index (χ0n) is 10.1. The van der Waals surface area contributed by atoms with Crippen LogP contribution in [-0.4, -0.2) is 26.2 Å². The van der Waals surface area contributed by atoms with Gasteiger partial charge in [0.05, 0.1) is 11.3 Å². The van der Waals surface area contributed by atoms with Crippen molar-refractivity contribution in [3.05, 3.63) is 23.7 Å². The highest BCUT2D eigenvalue weighted by atomic mass is 19.3. The lowest BCUT2D eigenvalue weighted by atomic mass is 10.2. The molecule has 0 saturated carbocycles. The monoisotopic (exact) mass is 253 g/mol. The van der Waals surface area contributed by atoms with E-state index in [1.54, 1.807) is 19.9 Å². The number of hydrogen-bond acceptors (Lipinski definition) is 4. The van der Waals surface area contributed by atoms with Crippen molar-refractivity contribution in [1.82, 2.24) is 19.7 Å². The lowest BCUT2D eigenvalue weighted by Crippen LogP contribution is -2.09. The summed E-state index contributed by atoms with van der Waals surface area (Å²) in [6, 6.07) is 1.57. The van der Waals surface area contributed by atoms with Crippen LogP contribution in [0.25, 0.3) is 11.4 Å². The van der Waals surface area contributed by atoms with E-state index in [0.29, 0.717) is 28.6 Å². The molecular weight excluding hydrogens is 240 g/mol. The van der Waals surface area contributed by atoms with E-state index in [1.807, 2.05) is 0 Å². The minimum atomic E-state index is -2.45. The maximum atomic E-state index is 12.4. The fourth-order valence-corrected chi connectivity index (χ4v) is 1.82. The third kappa shape index (κ3) is 2.29. The number of nitrogens with zero attached hydrogens (tertiary/aromatic N) is 4. The summed E-state index contributed by atoms with van der Waals surface area (Å²) in [4.78, 5) is 8.18. The van der Waals surface area contributed by atoms with Crippen LogP contribution in [0.15, 0.2) is 12.3 Å². The van der Waals surface area contributed by atoms with Crippen LogP contribution in [0.4, 0.5) is 14.6 Å². The van der Waals surface area contributed by atoms with Gasteiger partial charge in [0.15, 0.2) is 5.82 Å². The van der Waals surface area contributed by atoms with Crippen molar-refractivity contribution in [2.75, 3.05) is 5.73 Å². The van der Waals surface area contributed by atoms with Crippen molar-refractivity contribution in [3.63, 3.8) is 0 Å². The molecular formula is C11H13F2N5. The van der Waals surface area contributed by atoms with Gasteiger partial charge in [0.25, 0.3) is 6.43 Å². The second-order valence-corrected chi connectivity index (χ2v) is 3.92. The van der Waals surface area contributed by atoms with Crippen LogP contribution in [0.2, 0.25) is 0 Å². The maximum Gasteiger partial charge on any atom is 0.257 e. The first-order valence-electron chi connectivity index (χ1n) is 5.40. The molecule has 2 heterocycles. The van der Waals surface area contributed by atoms with E-state index < -0.39 is 13.0 Å². The van der Waals surface area contributed by atoms with Crippen molar-refractivity contribution < 1.29 is 8.78 Å². The molecule has 0 bridgehead atoms. The van der Waals surface area contributed by atoms with Gasteiger partial charge in [-0.1, -0.05) is 0 Å². The highest BCUT2D eigenvalue weighted by Gasteiger charge is 2.17. The summed E-state index contributed by atoms with van der Waals surface area (Å²) < 4.78 is 26.1. The van der Waals surface area contributed by atoms with Gasteiger partial charge in [0.2, 0.25) is 0 Å². The third-order valence-electron chi connectivity index (χ3n) is 2.59. The number of hydrogen-bond donors (Lipinski definition) is 1. The van der Waals surface area contributed by atoms with Crippen molar-refractivity contribution in [1.29, 1.82) is 0 Å². The number of nitrogens with two attached hydrogens (primary N) is 1. The van der Waals surface area contributed by atoms with Crippen LogP contribution in [0.5, 0.6) is 0 Å². The quantitative estimate of drug-likeness (QED) is 0.905. The molecule has 2 N–H and O–H groups in total. The van der Waals surface area contributed by atoms with Crippen molar-refractivity contribution in [3.8, 4) is 11.4 Å². The Morgan fingerprint density at radius 3 is 2.72 bits per heavy atom. The van der Waals surface area contributed by atoms with E-state index >= 15 is 0 Å². The average Bonchev–Trinajstić information content (AvgIpc) is 2.53. The van der Waals surface area contributed by atoms with E-state index in [4.69, 9.17) is 5.73 Å². The van der Waals surface area contributed by atoms with Gasteiger partial charge in [0.1, 0.15) is 12.4 Å². The van der Waals surface area contributed by atoms with Crippen LogP contribution in [-0.2, 0) is 6.54 Å². The van der Waals surface area contributed by atoms with E-state index in [2.05, 4.69) is 15.1 Å². The lowest BCUT2D eigenvalue weighted by Gasteiger charge is -2.04. The number of alkyl halides is 2. The van der Waals surface area contributed by atoms with Gasteiger partial charge in [-0.3, -0.25) is 4.68 Å². The van der Waals surface area contributed by atoms with Crippen molar-refractivity contribution in [2.45, 2.75) is 26.8 Å². The number of halogens is 2. The van der Waals surface area contributed by atoms with E-state index in [-0.39, 0.29) is 0 Å². The molecule has 0 spiro atoms. The second kappa shape index (κ2) is 4.67. The van der Waals surface area contributed by atoms with Gasteiger partial charge in [-0.05, 0) is 19.9 Å². The number of aromatic nitrogens is 4. The topological polar surface area (TPSA) is 69.6 Å². The normalized spacial score (nSPS) is 11.2. The molecule has 0 aliphatic rings. The van der Waals surface area contributed by atoms with Crippen molar-refractivity contribution in [2.24, 2.45) is 0 Å². The average molecular weight is 253 g/mol. The molecule has 0 radical (unpaired) electrons. The predicted molar refractivity (Wildman–Crippen MR) is 63.1 cm³/mol. The Morgan fingerprint density at radius 1 is 1.39 bits per heavy atom. The summed E-state index contributed by atoms with van der Waals surface area (Å²) in [7, 11) is 0. The minimum absolute atomic E-state index is 0.334.